The second-order valence-corrected chi connectivity index (χ2v) is 4.90. The van der Waals surface area contributed by atoms with Crippen LogP contribution in [0.2, 0.25) is 0 Å². The zero-order valence-electron chi connectivity index (χ0n) is 10.3. The molecule has 0 amide bonds. The average molecular weight is 234 g/mol. The topological polar surface area (TPSA) is 55.2 Å². The molecule has 2 rings (SSSR count). The van der Waals surface area contributed by atoms with Crippen molar-refractivity contribution in [1.82, 2.24) is 0 Å². The molecular weight excluding hydrogens is 216 g/mol. The van der Waals surface area contributed by atoms with Crippen LogP contribution < -0.4 is 5.32 Å². The summed E-state index contributed by atoms with van der Waals surface area (Å²) in [5, 5.41) is 14.1. The molecule has 1 atom stereocenters. The number of anilines is 1. The molecule has 1 fully saturated rings. The molecule has 1 aliphatic rings. The zero-order chi connectivity index (χ0) is 12.4. The van der Waals surface area contributed by atoms with E-state index in [9.17, 15) is 10.1 Å². The maximum Gasteiger partial charge on any atom is 0.274 e. The predicted molar refractivity (Wildman–Crippen MR) is 68.2 cm³/mol. The molecule has 1 N–H and O–H groups in total. The van der Waals surface area contributed by atoms with Gasteiger partial charge in [0, 0.05) is 23.9 Å². The standard InChI is InChI=1S/C13H18N2O2/c1-9(11-6-7-11)8-14-12-4-3-5-13(10(12)2)15(16)17/h3-5,9,11,14H,6-8H2,1-2H3. The summed E-state index contributed by atoms with van der Waals surface area (Å²) in [7, 11) is 0. The van der Waals surface area contributed by atoms with Gasteiger partial charge in [-0.1, -0.05) is 13.0 Å². The first-order chi connectivity index (χ1) is 8.09. The molecule has 0 aliphatic heterocycles. The molecule has 92 valence electrons. The van der Waals surface area contributed by atoms with Crippen molar-refractivity contribution in [1.29, 1.82) is 0 Å². The first-order valence-electron chi connectivity index (χ1n) is 6.07. The van der Waals surface area contributed by atoms with Crippen molar-refractivity contribution in [2.75, 3.05) is 11.9 Å². The van der Waals surface area contributed by atoms with Gasteiger partial charge >= 0.3 is 0 Å². The summed E-state index contributed by atoms with van der Waals surface area (Å²) in [6.07, 6.45) is 2.66. The third kappa shape index (κ3) is 2.75. The van der Waals surface area contributed by atoms with E-state index in [4.69, 9.17) is 0 Å². The fourth-order valence-corrected chi connectivity index (χ4v) is 2.12. The Kier molecular flexibility index (Phi) is 3.31. The van der Waals surface area contributed by atoms with E-state index in [-0.39, 0.29) is 10.6 Å². The molecule has 0 heterocycles. The number of nitro groups is 1. The second-order valence-electron chi connectivity index (χ2n) is 4.90. The largest absolute Gasteiger partial charge is 0.384 e. The van der Waals surface area contributed by atoms with Crippen molar-refractivity contribution in [3.63, 3.8) is 0 Å². The maximum absolute atomic E-state index is 10.8. The van der Waals surface area contributed by atoms with E-state index >= 15 is 0 Å². The number of benzene rings is 1. The van der Waals surface area contributed by atoms with Gasteiger partial charge in [0.25, 0.3) is 5.69 Å². The van der Waals surface area contributed by atoms with E-state index in [2.05, 4.69) is 12.2 Å². The summed E-state index contributed by atoms with van der Waals surface area (Å²) >= 11 is 0. The summed E-state index contributed by atoms with van der Waals surface area (Å²) in [6.45, 7) is 4.92. The van der Waals surface area contributed by atoms with Gasteiger partial charge in [-0.2, -0.15) is 0 Å². The van der Waals surface area contributed by atoms with E-state index in [0.717, 1.165) is 23.7 Å². The zero-order valence-corrected chi connectivity index (χ0v) is 10.3. The van der Waals surface area contributed by atoms with E-state index in [0.29, 0.717) is 5.92 Å². The third-order valence-corrected chi connectivity index (χ3v) is 3.54. The smallest absolute Gasteiger partial charge is 0.274 e. The minimum atomic E-state index is -0.329. The Hall–Kier alpha value is -1.58. The molecule has 1 unspecified atom stereocenters. The Morgan fingerprint density at radius 2 is 2.24 bits per heavy atom. The number of rotatable bonds is 5. The van der Waals surface area contributed by atoms with Crippen LogP contribution in [0, 0.1) is 28.9 Å². The van der Waals surface area contributed by atoms with Crippen LogP contribution in [0.3, 0.4) is 0 Å². The lowest BCUT2D eigenvalue weighted by molar-refractivity contribution is -0.385. The number of nitro benzene ring substituents is 1. The highest BCUT2D eigenvalue weighted by molar-refractivity contribution is 5.59. The summed E-state index contributed by atoms with van der Waals surface area (Å²) in [5.41, 5.74) is 1.79. The van der Waals surface area contributed by atoms with Crippen molar-refractivity contribution < 1.29 is 4.92 Å². The Morgan fingerprint density at radius 3 is 2.82 bits per heavy atom. The Balaban J connectivity index is 2.04. The van der Waals surface area contributed by atoms with Gasteiger partial charge in [-0.3, -0.25) is 10.1 Å². The van der Waals surface area contributed by atoms with Crippen LogP contribution in [0.25, 0.3) is 0 Å². The second kappa shape index (κ2) is 4.73. The SMILES string of the molecule is Cc1c(NCC(C)C2CC2)cccc1[N+](=O)[O-]. The molecule has 0 radical (unpaired) electrons. The minimum Gasteiger partial charge on any atom is -0.384 e. The molecule has 1 aromatic rings. The Morgan fingerprint density at radius 1 is 1.53 bits per heavy atom. The van der Waals surface area contributed by atoms with Gasteiger partial charge < -0.3 is 5.32 Å². The van der Waals surface area contributed by atoms with Crippen molar-refractivity contribution in [2.24, 2.45) is 11.8 Å². The quantitative estimate of drug-likeness (QED) is 0.627. The van der Waals surface area contributed by atoms with Crippen molar-refractivity contribution in [3.8, 4) is 0 Å². The number of nitrogens with zero attached hydrogens (tertiary/aromatic N) is 1. The van der Waals surface area contributed by atoms with Crippen molar-refractivity contribution in [3.05, 3.63) is 33.9 Å². The van der Waals surface area contributed by atoms with Crippen LogP contribution in [-0.2, 0) is 0 Å². The highest BCUT2D eigenvalue weighted by Crippen LogP contribution is 2.36. The van der Waals surface area contributed by atoms with Crippen LogP contribution in [0.5, 0.6) is 0 Å². The molecule has 4 heteroatoms. The molecule has 0 saturated heterocycles. The molecule has 4 nitrogen and oxygen atoms in total. The summed E-state index contributed by atoms with van der Waals surface area (Å²) in [4.78, 5) is 10.5. The summed E-state index contributed by atoms with van der Waals surface area (Å²) in [6, 6.07) is 5.18. The van der Waals surface area contributed by atoms with Crippen LogP contribution in [0.4, 0.5) is 11.4 Å². The normalized spacial score (nSPS) is 16.6. The molecule has 0 aromatic heterocycles. The number of hydrogen-bond donors (Lipinski definition) is 1. The third-order valence-electron chi connectivity index (χ3n) is 3.54. The minimum absolute atomic E-state index is 0.189. The fourth-order valence-electron chi connectivity index (χ4n) is 2.12. The van der Waals surface area contributed by atoms with Crippen LogP contribution in [0.1, 0.15) is 25.3 Å². The highest BCUT2D eigenvalue weighted by atomic mass is 16.6. The van der Waals surface area contributed by atoms with E-state index < -0.39 is 0 Å². The van der Waals surface area contributed by atoms with Crippen LogP contribution in [0.15, 0.2) is 18.2 Å². The van der Waals surface area contributed by atoms with Gasteiger partial charge in [0.05, 0.1) is 4.92 Å². The van der Waals surface area contributed by atoms with E-state index in [1.165, 1.54) is 12.8 Å². The van der Waals surface area contributed by atoms with Gasteiger partial charge in [-0.05, 0) is 37.7 Å². The first kappa shape index (κ1) is 11.9. The summed E-state index contributed by atoms with van der Waals surface area (Å²) in [5.74, 6) is 1.50. The van der Waals surface area contributed by atoms with E-state index in [1.54, 1.807) is 19.1 Å². The Labute approximate surface area is 101 Å². The van der Waals surface area contributed by atoms with Gasteiger partial charge in [0.2, 0.25) is 0 Å². The molecule has 17 heavy (non-hydrogen) atoms. The lowest BCUT2D eigenvalue weighted by Gasteiger charge is -2.14. The Bertz CT molecular complexity index is 427. The van der Waals surface area contributed by atoms with Gasteiger partial charge in [-0.15, -0.1) is 0 Å². The predicted octanol–water partition coefficient (Wildman–Crippen LogP) is 3.36. The molecule has 0 spiro atoms. The number of hydrogen-bond acceptors (Lipinski definition) is 3. The van der Waals surface area contributed by atoms with Gasteiger partial charge in [-0.25, -0.2) is 0 Å². The van der Waals surface area contributed by atoms with Crippen molar-refractivity contribution >= 4 is 11.4 Å². The fraction of sp³-hybridized carbons (Fsp3) is 0.538. The lowest BCUT2D eigenvalue weighted by Crippen LogP contribution is -2.13. The molecule has 1 saturated carbocycles. The van der Waals surface area contributed by atoms with Gasteiger partial charge in [0.1, 0.15) is 0 Å². The maximum atomic E-state index is 10.8. The first-order valence-corrected chi connectivity index (χ1v) is 6.07. The summed E-state index contributed by atoms with van der Waals surface area (Å²) < 4.78 is 0. The van der Waals surface area contributed by atoms with Gasteiger partial charge in [0.15, 0.2) is 0 Å². The monoisotopic (exact) mass is 234 g/mol. The molecule has 1 aliphatic carbocycles. The lowest BCUT2D eigenvalue weighted by atomic mass is 10.1. The van der Waals surface area contributed by atoms with Crippen LogP contribution in [-0.4, -0.2) is 11.5 Å². The van der Waals surface area contributed by atoms with Crippen molar-refractivity contribution in [2.45, 2.75) is 26.7 Å². The molecular formula is C13H18N2O2. The molecule has 1 aromatic carbocycles. The average Bonchev–Trinajstić information content (AvgIpc) is 3.10. The molecule has 0 bridgehead atoms. The highest BCUT2D eigenvalue weighted by Gasteiger charge is 2.27. The van der Waals surface area contributed by atoms with Crippen LogP contribution >= 0.6 is 0 Å². The van der Waals surface area contributed by atoms with E-state index in [1.807, 2.05) is 6.07 Å². The number of nitrogens with one attached hydrogen (secondary N) is 1.